The third-order valence-electron chi connectivity index (χ3n) is 5.03. The lowest BCUT2D eigenvalue weighted by molar-refractivity contribution is 0.0961. The van der Waals surface area contributed by atoms with E-state index in [4.69, 9.17) is 17.3 Å². The number of carbonyl (C=O) groups excluding carboxylic acids is 1. The summed E-state index contributed by atoms with van der Waals surface area (Å²) in [5, 5.41) is 0.722. The third kappa shape index (κ3) is 4.83. The van der Waals surface area contributed by atoms with Gasteiger partial charge in [0.1, 0.15) is 12.0 Å². The number of aromatic nitrogens is 2. The Bertz CT molecular complexity index is 1090. The second kappa shape index (κ2) is 9.40. The Morgan fingerprint density at radius 2 is 1.77 bits per heavy atom. The Morgan fingerprint density at radius 1 is 1.03 bits per heavy atom. The molecule has 0 radical (unpaired) electrons. The molecule has 0 aliphatic carbocycles. The number of anilines is 4. The van der Waals surface area contributed by atoms with Crippen LogP contribution < -0.4 is 26.4 Å². The summed E-state index contributed by atoms with van der Waals surface area (Å²) < 4.78 is 0.697. The van der Waals surface area contributed by atoms with Crippen molar-refractivity contribution in [3.8, 4) is 0 Å². The van der Waals surface area contributed by atoms with Gasteiger partial charge in [-0.15, -0.1) is 0 Å². The summed E-state index contributed by atoms with van der Waals surface area (Å²) in [5.74, 6) is 0.684. The van der Waals surface area contributed by atoms with Crippen molar-refractivity contribution in [1.29, 1.82) is 0 Å². The number of piperazine rings is 1. The van der Waals surface area contributed by atoms with Crippen LogP contribution in [0.3, 0.4) is 0 Å². The molecule has 0 saturated carbocycles. The number of hydrazine groups is 1. The number of hydrogen-bond donors (Lipinski definition) is 3. The van der Waals surface area contributed by atoms with Crippen molar-refractivity contribution in [3.05, 3.63) is 69.9 Å². The molecule has 0 unspecified atom stereocenters. The van der Waals surface area contributed by atoms with Crippen LogP contribution in [0.5, 0.6) is 0 Å². The molecule has 31 heavy (non-hydrogen) atoms. The third-order valence-corrected chi connectivity index (χ3v) is 5.95. The van der Waals surface area contributed by atoms with Gasteiger partial charge in [-0.2, -0.15) is 0 Å². The van der Waals surface area contributed by atoms with Crippen molar-refractivity contribution in [2.75, 3.05) is 47.1 Å². The monoisotopic (exact) mass is 501 g/mol. The van der Waals surface area contributed by atoms with E-state index in [1.807, 2.05) is 24.3 Å². The second-order valence-corrected chi connectivity index (χ2v) is 8.26. The van der Waals surface area contributed by atoms with Crippen LogP contribution in [-0.2, 0) is 0 Å². The van der Waals surface area contributed by atoms with Crippen LogP contribution in [0.2, 0.25) is 5.02 Å². The molecule has 10 heteroatoms. The Kier molecular flexibility index (Phi) is 6.43. The molecule has 0 spiro atoms. The maximum absolute atomic E-state index is 12.4. The maximum Gasteiger partial charge on any atom is 0.270 e. The number of carbonyl (C=O) groups is 1. The lowest BCUT2D eigenvalue weighted by Crippen LogP contribution is -2.47. The Morgan fingerprint density at radius 3 is 2.52 bits per heavy atom. The van der Waals surface area contributed by atoms with Crippen molar-refractivity contribution in [1.82, 2.24) is 15.4 Å². The summed E-state index contributed by atoms with van der Waals surface area (Å²) in [4.78, 5) is 25.3. The smallest absolute Gasteiger partial charge is 0.270 e. The molecule has 1 amide bonds. The van der Waals surface area contributed by atoms with Crippen LogP contribution >= 0.6 is 27.5 Å². The van der Waals surface area contributed by atoms with Gasteiger partial charge < -0.3 is 15.5 Å². The first kappa shape index (κ1) is 21.2. The summed E-state index contributed by atoms with van der Waals surface area (Å²) in [6, 6.07) is 15.0. The Hall–Kier alpha value is -3.04. The molecule has 1 saturated heterocycles. The molecule has 8 nitrogen and oxygen atoms in total. The summed E-state index contributed by atoms with van der Waals surface area (Å²) in [6.07, 6.45) is 1.43. The van der Waals surface area contributed by atoms with Crippen molar-refractivity contribution in [2.24, 2.45) is 0 Å². The molecular weight excluding hydrogens is 482 g/mol. The van der Waals surface area contributed by atoms with E-state index < -0.39 is 0 Å². The van der Waals surface area contributed by atoms with Crippen LogP contribution in [0.4, 0.5) is 23.0 Å². The minimum atomic E-state index is -0.304. The van der Waals surface area contributed by atoms with E-state index >= 15 is 0 Å². The van der Waals surface area contributed by atoms with Gasteiger partial charge in [-0.1, -0.05) is 29.8 Å². The SMILES string of the molecule is Nc1c(NNC(=O)c2ccccc2Br)ncnc1N1CCN(c2cccc(Cl)c2)CC1. The molecule has 4 N–H and O–H groups in total. The summed E-state index contributed by atoms with van der Waals surface area (Å²) in [7, 11) is 0. The van der Waals surface area contributed by atoms with E-state index in [0.29, 0.717) is 27.4 Å². The average molecular weight is 503 g/mol. The Labute approximate surface area is 193 Å². The molecule has 1 fully saturated rings. The molecular formula is C21H21BrClN7O. The molecule has 1 aliphatic heterocycles. The van der Waals surface area contributed by atoms with E-state index in [2.05, 4.69) is 52.6 Å². The van der Waals surface area contributed by atoms with Crippen molar-refractivity contribution < 1.29 is 4.79 Å². The normalized spacial score (nSPS) is 13.7. The molecule has 2 heterocycles. The number of nitrogens with one attached hydrogen (secondary N) is 2. The van der Waals surface area contributed by atoms with Gasteiger partial charge >= 0.3 is 0 Å². The zero-order valence-corrected chi connectivity index (χ0v) is 18.9. The van der Waals surface area contributed by atoms with Crippen LogP contribution in [0.15, 0.2) is 59.3 Å². The zero-order chi connectivity index (χ0) is 21.8. The molecule has 0 atom stereocenters. The van der Waals surface area contributed by atoms with E-state index in [1.165, 1.54) is 6.33 Å². The van der Waals surface area contributed by atoms with Gasteiger partial charge in [-0.05, 0) is 46.3 Å². The minimum absolute atomic E-state index is 0.304. The minimum Gasteiger partial charge on any atom is -0.393 e. The number of nitrogens with zero attached hydrogens (tertiary/aromatic N) is 4. The largest absolute Gasteiger partial charge is 0.393 e. The number of halogens is 2. The number of rotatable bonds is 5. The molecule has 1 aromatic heterocycles. The predicted octanol–water partition coefficient (Wildman–Crippen LogP) is 3.56. The molecule has 1 aliphatic rings. The van der Waals surface area contributed by atoms with Crippen LogP contribution in [0, 0.1) is 0 Å². The zero-order valence-electron chi connectivity index (χ0n) is 16.6. The Balaban J connectivity index is 1.41. The first-order valence-electron chi connectivity index (χ1n) is 9.70. The molecule has 0 bridgehead atoms. The van der Waals surface area contributed by atoms with Gasteiger partial charge in [0.25, 0.3) is 5.91 Å². The number of nitrogens with two attached hydrogens (primary N) is 1. The molecule has 160 valence electrons. The highest BCUT2D eigenvalue weighted by molar-refractivity contribution is 9.10. The number of nitrogen functional groups attached to an aromatic ring is 1. The highest BCUT2D eigenvalue weighted by Gasteiger charge is 2.22. The topological polar surface area (TPSA) is 99.4 Å². The van der Waals surface area contributed by atoms with Crippen molar-refractivity contribution in [2.45, 2.75) is 0 Å². The summed E-state index contributed by atoms with van der Waals surface area (Å²) in [6.45, 7) is 3.11. The lowest BCUT2D eigenvalue weighted by Gasteiger charge is -2.37. The second-order valence-electron chi connectivity index (χ2n) is 6.97. The van der Waals surface area contributed by atoms with Gasteiger partial charge in [-0.25, -0.2) is 9.97 Å². The van der Waals surface area contributed by atoms with Gasteiger partial charge in [0.15, 0.2) is 11.6 Å². The van der Waals surface area contributed by atoms with Crippen molar-refractivity contribution in [3.63, 3.8) is 0 Å². The molecule has 3 aromatic rings. The number of hydrogen-bond acceptors (Lipinski definition) is 7. The number of benzene rings is 2. The summed E-state index contributed by atoms with van der Waals surface area (Å²) >= 11 is 9.49. The van der Waals surface area contributed by atoms with E-state index in [-0.39, 0.29) is 5.91 Å². The standard InChI is InChI=1S/C21H21BrClN7O/c22-17-7-2-1-6-16(17)21(31)28-27-19-18(24)20(26-13-25-19)30-10-8-29(9-11-30)15-5-3-4-14(23)12-15/h1-7,12-13H,8-11,24H2,(H,28,31)(H,25,26,27). The predicted molar refractivity (Wildman–Crippen MR) is 128 cm³/mol. The fourth-order valence-electron chi connectivity index (χ4n) is 3.42. The van der Waals surface area contributed by atoms with Crippen LogP contribution in [0.1, 0.15) is 10.4 Å². The molecule has 2 aromatic carbocycles. The van der Waals surface area contributed by atoms with Crippen LogP contribution in [-0.4, -0.2) is 42.1 Å². The van der Waals surface area contributed by atoms with Crippen molar-refractivity contribution >= 4 is 56.4 Å². The van der Waals surface area contributed by atoms with E-state index in [0.717, 1.165) is 36.9 Å². The highest BCUT2D eigenvalue weighted by Crippen LogP contribution is 2.28. The molecule has 4 rings (SSSR count). The van der Waals surface area contributed by atoms with Gasteiger partial charge in [-0.3, -0.25) is 15.6 Å². The lowest BCUT2D eigenvalue weighted by atomic mass is 10.2. The maximum atomic E-state index is 12.4. The van der Waals surface area contributed by atoms with Gasteiger partial charge in [0.05, 0.1) is 5.56 Å². The van der Waals surface area contributed by atoms with Gasteiger partial charge in [0, 0.05) is 41.4 Å². The van der Waals surface area contributed by atoms with Gasteiger partial charge in [0.2, 0.25) is 0 Å². The first-order valence-corrected chi connectivity index (χ1v) is 10.9. The number of amides is 1. The highest BCUT2D eigenvalue weighted by atomic mass is 79.9. The average Bonchev–Trinajstić information content (AvgIpc) is 2.79. The van der Waals surface area contributed by atoms with E-state index in [9.17, 15) is 4.79 Å². The first-order chi connectivity index (χ1) is 15.0. The summed E-state index contributed by atoms with van der Waals surface area (Å²) in [5.41, 5.74) is 13.7. The van der Waals surface area contributed by atoms with E-state index in [1.54, 1.807) is 18.2 Å². The van der Waals surface area contributed by atoms with Crippen LogP contribution in [0.25, 0.3) is 0 Å². The fourth-order valence-corrected chi connectivity index (χ4v) is 4.07. The quantitative estimate of drug-likeness (QED) is 0.459. The fraction of sp³-hybridized carbons (Fsp3) is 0.190.